The lowest BCUT2D eigenvalue weighted by Crippen LogP contribution is -2.50. The fourth-order valence-electron chi connectivity index (χ4n) is 3.71. The van der Waals surface area contributed by atoms with E-state index in [1.807, 2.05) is 20.8 Å². The molecule has 0 unspecified atom stereocenters. The van der Waals surface area contributed by atoms with Crippen LogP contribution in [0.4, 0.5) is 5.69 Å². The second-order valence-electron chi connectivity index (χ2n) is 9.45. The zero-order chi connectivity index (χ0) is 22.7. The molecule has 2 aromatic rings. The van der Waals surface area contributed by atoms with Crippen molar-refractivity contribution in [2.75, 3.05) is 10.8 Å². The summed E-state index contributed by atoms with van der Waals surface area (Å²) in [6.45, 7) is 11.7. The molecule has 1 amide bonds. The summed E-state index contributed by atoms with van der Waals surface area (Å²) in [6, 6.07) is 13.1. The highest BCUT2D eigenvalue weighted by molar-refractivity contribution is 7.92. The van der Waals surface area contributed by atoms with E-state index in [9.17, 15) is 13.2 Å². The molecule has 2 rings (SSSR count). The van der Waals surface area contributed by atoms with Crippen molar-refractivity contribution in [2.24, 2.45) is 5.41 Å². The molecule has 0 aliphatic rings. The smallest absolute Gasteiger partial charge is 0.264 e. The Hall–Kier alpha value is -2.05. The van der Waals surface area contributed by atoms with E-state index < -0.39 is 15.6 Å². The lowest BCUT2D eigenvalue weighted by Gasteiger charge is -2.34. The largest absolute Gasteiger partial charge is 0.350 e. The molecular weight excluding hydrogens is 420 g/mol. The number of halogens is 1. The highest BCUT2D eigenvalue weighted by Crippen LogP contribution is 2.31. The van der Waals surface area contributed by atoms with Crippen molar-refractivity contribution in [1.82, 2.24) is 5.32 Å². The highest BCUT2D eigenvalue weighted by Gasteiger charge is 2.32. The normalized spacial score (nSPS) is 12.5. The lowest BCUT2D eigenvalue weighted by atomic mass is 9.82. The van der Waals surface area contributed by atoms with E-state index in [1.54, 1.807) is 36.4 Å². The van der Waals surface area contributed by atoms with Crippen molar-refractivity contribution in [2.45, 2.75) is 58.4 Å². The second kappa shape index (κ2) is 8.98. The van der Waals surface area contributed by atoms with E-state index in [-0.39, 0.29) is 33.5 Å². The van der Waals surface area contributed by atoms with Gasteiger partial charge in [-0.2, -0.15) is 0 Å². The molecule has 0 radical (unpaired) electrons. The minimum atomic E-state index is -3.99. The van der Waals surface area contributed by atoms with Gasteiger partial charge in [-0.25, -0.2) is 8.42 Å². The Morgan fingerprint density at radius 3 is 2.10 bits per heavy atom. The van der Waals surface area contributed by atoms with E-state index in [2.05, 4.69) is 26.1 Å². The van der Waals surface area contributed by atoms with E-state index in [0.29, 0.717) is 0 Å². The van der Waals surface area contributed by atoms with Gasteiger partial charge in [0.05, 0.1) is 15.6 Å². The van der Waals surface area contributed by atoms with Crippen LogP contribution in [0.5, 0.6) is 0 Å². The molecule has 5 nitrogen and oxygen atoms in total. The number of benzene rings is 2. The van der Waals surface area contributed by atoms with Crippen molar-refractivity contribution in [3.8, 4) is 0 Å². The predicted octanol–water partition coefficient (Wildman–Crippen LogP) is 5.17. The number of hydrogen-bond donors (Lipinski definition) is 1. The molecule has 0 aromatic heterocycles. The number of nitrogens with one attached hydrogen (secondary N) is 1. The van der Waals surface area contributed by atoms with Crippen molar-refractivity contribution in [1.29, 1.82) is 0 Å². The Kier molecular flexibility index (Phi) is 7.25. The topological polar surface area (TPSA) is 66.5 Å². The SMILES string of the molecule is Cc1ccc(S(=O)(=O)N(CC(=O)NC(C)(C)CC(C)(C)C)c2ccccc2Cl)cc1. The fourth-order valence-corrected chi connectivity index (χ4v) is 5.44. The Bertz CT molecular complexity index is 994. The van der Waals surface area contributed by atoms with Crippen molar-refractivity contribution < 1.29 is 13.2 Å². The molecule has 0 aliphatic heterocycles. The van der Waals surface area contributed by atoms with Gasteiger partial charge in [0.2, 0.25) is 5.91 Å². The zero-order valence-corrected chi connectivity index (χ0v) is 20.1. The number of nitrogens with zero attached hydrogens (tertiary/aromatic N) is 1. The number of sulfonamides is 1. The summed E-state index contributed by atoms with van der Waals surface area (Å²) < 4.78 is 27.9. The first-order valence-electron chi connectivity index (χ1n) is 9.86. The van der Waals surface area contributed by atoms with Crippen LogP contribution in [-0.4, -0.2) is 26.4 Å². The summed E-state index contributed by atoms with van der Waals surface area (Å²) in [7, 11) is -3.99. The average molecular weight is 451 g/mol. The first-order chi connectivity index (χ1) is 13.7. The van der Waals surface area contributed by atoms with E-state index >= 15 is 0 Å². The number of rotatable bonds is 7. The van der Waals surface area contributed by atoms with Crippen LogP contribution in [-0.2, 0) is 14.8 Å². The number of anilines is 1. The molecule has 0 aliphatic carbocycles. The minimum absolute atomic E-state index is 0.00712. The maximum absolute atomic E-state index is 13.4. The Balaban J connectivity index is 2.39. The van der Waals surface area contributed by atoms with Gasteiger partial charge in [-0.05, 0) is 56.9 Å². The molecule has 7 heteroatoms. The Morgan fingerprint density at radius 1 is 1.00 bits per heavy atom. The predicted molar refractivity (Wildman–Crippen MR) is 123 cm³/mol. The van der Waals surface area contributed by atoms with Crippen LogP contribution in [0, 0.1) is 12.3 Å². The number of amides is 1. The Labute approximate surface area is 185 Å². The quantitative estimate of drug-likeness (QED) is 0.632. The van der Waals surface area contributed by atoms with Gasteiger partial charge in [0.1, 0.15) is 6.54 Å². The highest BCUT2D eigenvalue weighted by atomic mass is 35.5. The van der Waals surface area contributed by atoms with E-state index in [1.165, 1.54) is 12.1 Å². The zero-order valence-electron chi connectivity index (χ0n) is 18.5. The van der Waals surface area contributed by atoms with Gasteiger partial charge in [-0.15, -0.1) is 0 Å². The second-order valence-corrected chi connectivity index (χ2v) is 11.7. The third kappa shape index (κ3) is 6.47. The minimum Gasteiger partial charge on any atom is -0.350 e. The molecule has 164 valence electrons. The van der Waals surface area contributed by atoms with Gasteiger partial charge in [-0.3, -0.25) is 9.10 Å². The monoisotopic (exact) mass is 450 g/mol. The molecule has 0 spiro atoms. The summed E-state index contributed by atoms with van der Waals surface area (Å²) in [4.78, 5) is 13.0. The summed E-state index contributed by atoms with van der Waals surface area (Å²) in [6.07, 6.45) is 0.739. The molecular formula is C23H31ClN2O3S. The number of aryl methyl sites for hydroxylation is 1. The average Bonchev–Trinajstić information content (AvgIpc) is 2.58. The van der Waals surface area contributed by atoms with Gasteiger partial charge in [0, 0.05) is 5.54 Å². The molecule has 0 atom stereocenters. The maximum Gasteiger partial charge on any atom is 0.264 e. The third-order valence-electron chi connectivity index (χ3n) is 4.47. The van der Waals surface area contributed by atoms with Crippen molar-refractivity contribution in [3.63, 3.8) is 0 Å². The lowest BCUT2D eigenvalue weighted by molar-refractivity contribution is -0.121. The van der Waals surface area contributed by atoms with Crippen LogP contribution >= 0.6 is 11.6 Å². The number of para-hydroxylation sites is 1. The van der Waals surface area contributed by atoms with Crippen molar-refractivity contribution >= 4 is 33.2 Å². The standard InChI is InChI=1S/C23H31ClN2O3S/c1-17-11-13-18(14-12-17)30(28,29)26(20-10-8-7-9-19(20)24)15-21(27)25-23(5,6)16-22(2,3)4/h7-14H,15-16H2,1-6H3,(H,25,27). The molecule has 0 fully saturated rings. The van der Waals surface area contributed by atoms with E-state index in [4.69, 9.17) is 11.6 Å². The van der Waals surface area contributed by atoms with Gasteiger partial charge >= 0.3 is 0 Å². The van der Waals surface area contributed by atoms with Crippen LogP contribution in [0.25, 0.3) is 0 Å². The van der Waals surface area contributed by atoms with Crippen LogP contribution in [0.15, 0.2) is 53.4 Å². The number of carbonyl (C=O) groups excluding carboxylic acids is 1. The van der Waals surface area contributed by atoms with Gasteiger partial charge in [-0.1, -0.05) is 62.2 Å². The van der Waals surface area contributed by atoms with Crippen LogP contribution in [0.1, 0.15) is 46.6 Å². The molecule has 0 saturated heterocycles. The van der Waals surface area contributed by atoms with Crippen LogP contribution < -0.4 is 9.62 Å². The molecule has 2 aromatic carbocycles. The van der Waals surface area contributed by atoms with Gasteiger partial charge in [0.15, 0.2) is 0 Å². The molecule has 30 heavy (non-hydrogen) atoms. The van der Waals surface area contributed by atoms with Crippen molar-refractivity contribution in [3.05, 3.63) is 59.1 Å². The summed E-state index contributed by atoms with van der Waals surface area (Å²) >= 11 is 6.30. The van der Waals surface area contributed by atoms with Crippen LogP contribution in [0.3, 0.4) is 0 Å². The summed E-state index contributed by atoms with van der Waals surface area (Å²) in [5.74, 6) is -0.389. The first-order valence-corrected chi connectivity index (χ1v) is 11.7. The molecule has 0 saturated carbocycles. The maximum atomic E-state index is 13.4. The molecule has 1 N–H and O–H groups in total. The number of carbonyl (C=O) groups is 1. The fraction of sp³-hybridized carbons (Fsp3) is 0.435. The van der Waals surface area contributed by atoms with E-state index in [0.717, 1.165) is 16.3 Å². The Morgan fingerprint density at radius 2 is 1.57 bits per heavy atom. The van der Waals surface area contributed by atoms with Gasteiger partial charge in [0.25, 0.3) is 10.0 Å². The summed E-state index contributed by atoms with van der Waals surface area (Å²) in [5.41, 5.74) is 0.728. The third-order valence-corrected chi connectivity index (χ3v) is 6.56. The molecule has 0 bridgehead atoms. The van der Waals surface area contributed by atoms with Crippen LogP contribution in [0.2, 0.25) is 5.02 Å². The first kappa shape index (κ1) is 24.2. The van der Waals surface area contributed by atoms with Gasteiger partial charge < -0.3 is 5.32 Å². The summed E-state index contributed by atoms with van der Waals surface area (Å²) in [5, 5.41) is 3.24. The molecule has 0 heterocycles. The number of hydrogen-bond acceptors (Lipinski definition) is 3.